The Morgan fingerprint density at radius 3 is 2.48 bits per heavy atom. The number of hydrogen-bond acceptors (Lipinski definition) is 5. The topological polar surface area (TPSA) is 78.6 Å². The number of rotatable bonds is 5. The summed E-state index contributed by atoms with van der Waals surface area (Å²) in [6.45, 7) is 2.15. The summed E-state index contributed by atoms with van der Waals surface area (Å²) < 4.78 is 45.3. The fraction of sp³-hybridized carbons (Fsp3) is 0.385. The molecule has 21 heavy (non-hydrogen) atoms. The fourth-order valence-electron chi connectivity index (χ4n) is 1.40. The van der Waals surface area contributed by atoms with Gasteiger partial charge in [-0.2, -0.15) is 13.2 Å². The molecule has 0 fully saturated rings. The van der Waals surface area contributed by atoms with E-state index in [0.717, 1.165) is 0 Å². The van der Waals surface area contributed by atoms with Crippen molar-refractivity contribution in [1.29, 1.82) is 0 Å². The van der Waals surface area contributed by atoms with E-state index in [9.17, 15) is 22.8 Å². The number of hydrogen-bond donors (Lipinski definition) is 1. The first-order valence-corrected chi connectivity index (χ1v) is 6.08. The van der Waals surface area contributed by atoms with Gasteiger partial charge in [0.05, 0.1) is 6.61 Å². The molecule has 0 atom stereocenters. The summed E-state index contributed by atoms with van der Waals surface area (Å²) in [6.07, 6.45) is -4.61. The van der Waals surface area contributed by atoms with Gasteiger partial charge in [0, 0.05) is 6.54 Å². The molecule has 116 valence electrons. The predicted octanol–water partition coefficient (Wildman–Crippen LogP) is 2.18. The van der Waals surface area contributed by atoms with Gasteiger partial charge in [-0.25, -0.2) is 9.59 Å². The van der Waals surface area contributed by atoms with Crippen molar-refractivity contribution in [2.75, 3.05) is 6.61 Å². The fourth-order valence-corrected chi connectivity index (χ4v) is 1.40. The summed E-state index contributed by atoms with van der Waals surface area (Å²) in [5, 5.41) is 0. The molecule has 8 heteroatoms. The second-order valence-corrected chi connectivity index (χ2v) is 4.06. The summed E-state index contributed by atoms with van der Waals surface area (Å²) >= 11 is 0. The second-order valence-electron chi connectivity index (χ2n) is 4.06. The highest BCUT2D eigenvalue weighted by molar-refractivity contribution is 6.00. The lowest BCUT2D eigenvalue weighted by Gasteiger charge is -2.12. The van der Waals surface area contributed by atoms with Gasteiger partial charge in [0.1, 0.15) is 11.3 Å². The van der Waals surface area contributed by atoms with Gasteiger partial charge in [0.15, 0.2) is 0 Å². The van der Waals surface area contributed by atoms with Crippen molar-refractivity contribution in [3.8, 4) is 5.75 Å². The van der Waals surface area contributed by atoms with Crippen LogP contribution in [0.4, 0.5) is 13.2 Å². The van der Waals surface area contributed by atoms with Crippen LogP contribution in [-0.4, -0.2) is 24.7 Å². The molecule has 0 saturated carbocycles. The van der Waals surface area contributed by atoms with Gasteiger partial charge in [-0.3, -0.25) is 0 Å². The van der Waals surface area contributed by atoms with Crippen LogP contribution in [0.3, 0.4) is 0 Å². The first-order valence-electron chi connectivity index (χ1n) is 6.08. The van der Waals surface area contributed by atoms with Crippen molar-refractivity contribution < 1.29 is 32.2 Å². The second kappa shape index (κ2) is 7.07. The van der Waals surface area contributed by atoms with E-state index in [4.69, 9.17) is 10.5 Å². The summed E-state index contributed by atoms with van der Waals surface area (Å²) in [6, 6.07) is 4.19. The molecule has 0 saturated heterocycles. The Morgan fingerprint density at radius 1 is 1.29 bits per heavy atom. The van der Waals surface area contributed by atoms with Crippen molar-refractivity contribution in [2.24, 2.45) is 5.73 Å². The van der Waals surface area contributed by atoms with Gasteiger partial charge in [-0.05, 0) is 24.1 Å². The number of alkyl halides is 3. The number of halogens is 3. The van der Waals surface area contributed by atoms with Crippen LogP contribution in [0.5, 0.6) is 5.75 Å². The third kappa shape index (κ3) is 4.75. The Morgan fingerprint density at radius 2 is 1.95 bits per heavy atom. The highest BCUT2D eigenvalue weighted by Crippen LogP contribution is 2.23. The van der Waals surface area contributed by atoms with Crippen molar-refractivity contribution in [2.45, 2.75) is 26.1 Å². The lowest BCUT2D eigenvalue weighted by molar-refractivity contribution is -0.193. The zero-order valence-electron chi connectivity index (χ0n) is 11.2. The molecule has 0 bridgehead atoms. The highest BCUT2D eigenvalue weighted by Gasteiger charge is 2.42. The van der Waals surface area contributed by atoms with Crippen LogP contribution in [0.1, 0.15) is 29.3 Å². The van der Waals surface area contributed by atoms with Crippen molar-refractivity contribution >= 4 is 11.9 Å². The van der Waals surface area contributed by atoms with Crippen LogP contribution < -0.4 is 10.5 Å². The maximum Gasteiger partial charge on any atom is 0.491 e. The maximum atomic E-state index is 12.1. The molecule has 0 aromatic heterocycles. The van der Waals surface area contributed by atoms with E-state index in [2.05, 4.69) is 4.74 Å². The van der Waals surface area contributed by atoms with E-state index in [1.165, 1.54) is 12.1 Å². The largest absolute Gasteiger partial charge is 0.493 e. The molecule has 2 N–H and O–H groups in total. The number of nitrogens with two attached hydrogens (primary N) is 1. The molecule has 0 unspecified atom stereocenters. The number of ether oxygens (including phenoxy) is 2. The van der Waals surface area contributed by atoms with Crippen LogP contribution >= 0.6 is 0 Å². The first kappa shape index (κ1) is 17.0. The zero-order valence-corrected chi connectivity index (χ0v) is 11.2. The third-order valence-corrected chi connectivity index (χ3v) is 2.38. The van der Waals surface area contributed by atoms with Gasteiger partial charge in [-0.15, -0.1) is 0 Å². The van der Waals surface area contributed by atoms with E-state index in [0.29, 0.717) is 12.0 Å². The van der Waals surface area contributed by atoms with E-state index in [-0.39, 0.29) is 24.5 Å². The van der Waals surface area contributed by atoms with Crippen LogP contribution in [0.15, 0.2) is 18.2 Å². The molecule has 0 aliphatic heterocycles. The molecule has 0 amide bonds. The van der Waals surface area contributed by atoms with Gasteiger partial charge in [0.2, 0.25) is 0 Å². The number of esters is 2. The molecule has 0 aliphatic carbocycles. The van der Waals surface area contributed by atoms with E-state index in [1.54, 1.807) is 6.07 Å². The molecule has 0 heterocycles. The molecule has 1 rings (SSSR count). The first-order chi connectivity index (χ1) is 9.79. The normalized spacial score (nSPS) is 11.1. The summed E-state index contributed by atoms with van der Waals surface area (Å²) in [5.41, 5.74) is 5.62. The van der Waals surface area contributed by atoms with Gasteiger partial charge in [-0.1, -0.05) is 13.0 Å². The van der Waals surface area contributed by atoms with Crippen LogP contribution in [0.2, 0.25) is 0 Å². The quantitative estimate of drug-likeness (QED) is 0.666. The predicted molar refractivity (Wildman–Crippen MR) is 66.6 cm³/mol. The van der Waals surface area contributed by atoms with Crippen LogP contribution in [0, 0.1) is 0 Å². The Labute approximate surface area is 118 Å². The Bertz CT molecular complexity index is 529. The summed E-state index contributed by atoms with van der Waals surface area (Å²) in [5.74, 6) is -3.97. The standard InChI is InChI=1S/C13H14F3NO4/c1-2-5-20-10-4-3-8(7-17)6-9(10)11(18)21-12(19)13(14,15)16/h3-4,6H,2,5,7,17H2,1H3. The average Bonchev–Trinajstić information content (AvgIpc) is 2.43. The van der Waals surface area contributed by atoms with Crippen molar-refractivity contribution in [3.05, 3.63) is 29.3 Å². The Kier molecular flexibility index (Phi) is 5.71. The lowest BCUT2D eigenvalue weighted by atomic mass is 10.1. The summed E-state index contributed by atoms with van der Waals surface area (Å²) in [4.78, 5) is 22.4. The highest BCUT2D eigenvalue weighted by atomic mass is 19.4. The Hall–Kier alpha value is -2.09. The minimum absolute atomic E-state index is 0.0361. The maximum absolute atomic E-state index is 12.1. The van der Waals surface area contributed by atoms with Gasteiger partial charge < -0.3 is 15.2 Å². The Balaban J connectivity index is 3.02. The molecule has 1 aromatic carbocycles. The number of benzene rings is 1. The smallest absolute Gasteiger partial charge is 0.491 e. The van der Waals surface area contributed by atoms with E-state index in [1.807, 2.05) is 6.92 Å². The molecular weight excluding hydrogens is 291 g/mol. The van der Waals surface area contributed by atoms with Crippen LogP contribution in [0.25, 0.3) is 0 Å². The van der Waals surface area contributed by atoms with E-state index >= 15 is 0 Å². The van der Waals surface area contributed by atoms with Gasteiger partial charge >= 0.3 is 18.1 Å². The molecule has 1 aromatic rings. The molecule has 5 nitrogen and oxygen atoms in total. The number of carbonyl (C=O) groups is 2. The van der Waals surface area contributed by atoms with Crippen molar-refractivity contribution in [1.82, 2.24) is 0 Å². The molecule has 0 aliphatic rings. The lowest BCUT2D eigenvalue weighted by Crippen LogP contribution is -2.28. The minimum atomic E-state index is -5.24. The molecule has 0 spiro atoms. The van der Waals surface area contributed by atoms with Gasteiger partial charge in [0.25, 0.3) is 0 Å². The molecule has 0 radical (unpaired) electrons. The SMILES string of the molecule is CCCOc1ccc(CN)cc1C(=O)OC(=O)C(F)(F)F. The minimum Gasteiger partial charge on any atom is -0.493 e. The average molecular weight is 305 g/mol. The van der Waals surface area contributed by atoms with E-state index < -0.39 is 18.1 Å². The third-order valence-electron chi connectivity index (χ3n) is 2.38. The summed E-state index contributed by atoms with van der Waals surface area (Å²) in [7, 11) is 0. The van der Waals surface area contributed by atoms with Crippen LogP contribution in [-0.2, 0) is 16.1 Å². The zero-order chi connectivity index (χ0) is 16.0. The number of carbonyl (C=O) groups excluding carboxylic acids is 2. The monoisotopic (exact) mass is 305 g/mol. The molecular formula is C13H14F3NO4. The van der Waals surface area contributed by atoms with Crippen molar-refractivity contribution in [3.63, 3.8) is 0 Å².